The number of halogens is 3. The molecule has 3 rings (SSSR count). The molecule has 0 aromatic heterocycles. The number of aryl methyl sites for hydroxylation is 1. The Bertz CT molecular complexity index is 1240. The summed E-state index contributed by atoms with van der Waals surface area (Å²) in [6, 6.07) is 16.3. The molecule has 3 aromatic rings. The van der Waals surface area contributed by atoms with Crippen molar-refractivity contribution < 1.29 is 32.6 Å². The third kappa shape index (κ3) is 6.08. The van der Waals surface area contributed by atoms with Crippen molar-refractivity contribution in [1.82, 2.24) is 5.32 Å². The second-order valence-corrected chi connectivity index (χ2v) is 7.49. The Labute approximate surface area is 193 Å². The van der Waals surface area contributed by atoms with Gasteiger partial charge in [-0.05, 0) is 47.4 Å². The van der Waals surface area contributed by atoms with Crippen LogP contribution in [0.25, 0.3) is 11.1 Å². The van der Waals surface area contributed by atoms with E-state index in [-0.39, 0.29) is 29.1 Å². The van der Waals surface area contributed by atoms with Gasteiger partial charge in [0.15, 0.2) is 0 Å². The number of ether oxygens (including phenoxy) is 1. The number of carboxylic acids is 1. The minimum Gasteiger partial charge on any atom is -0.480 e. The first-order chi connectivity index (χ1) is 16.1. The summed E-state index contributed by atoms with van der Waals surface area (Å²) in [5.74, 6) is -2.30. The molecule has 9 heteroatoms. The second-order valence-electron chi connectivity index (χ2n) is 7.49. The highest BCUT2D eigenvalue weighted by molar-refractivity contribution is 6.11. The quantitative estimate of drug-likeness (QED) is 0.333. The number of carbonyl (C=O) groups excluding carboxylic acids is 1. The number of carbonyl (C=O) groups is 2. The summed E-state index contributed by atoms with van der Waals surface area (Å²) in [4.78, 5) is 23.2. The van der Waals surface area contributed by atoms with Crippen LogP contribution in [0, 0.1) is 12.3 Å². The highest BCUT2D eigenvalue weighted by Crippen LogP contribution is 2.38. The number of aliphatic carboxylic acids is 1. The summed E-state index contributed by atoms with van der Waals surface area (Å²) >= 11 is 0. The molecule has 6 nitrogen and oxygen atoms in total. The van der Waals surface area contributed by atoms with Gasteiger partial charge < -0.3 is 15.2 Å². The predicted octanol–water partition coefficient (Wildman–Crippen LogP) is 5.04. The first-order valence-corrected chi connectivity index (χ1v) is 10.1. The van der Waals surface area contributed by atoms with E-state index in [1.165, 1.54) is 24.3 Å². The summed E-state index contributed by atoms with van der Waals surface area (Å²) < 4.78 is 46.4. The number of carboxylic acid groups (broad SMARTS) is 1. The van der Waals surface area contributed by atoms with Crippen molar-refractivity contribution in [3.05, 3.63) is 94.5 Å². The molecular formula is C25H21F3N2O4. The summed E-state index contributed by atoms with van der Waals surface area (Å²) in [6.07, 6.45) is -4.69. The van der Waals surface area contributed by atoms with Gasteiger partial charge in [-0.25, -0.2) is 4.79 Å². The van der Waals surface area contributed by atoms with Crippen molar-refractivity contribution in [2.24, 2.45) is 0 Å². The maximum absolute atomic E-state index is 13.8. The Kier molecular flexibility index (Phi) is 7.47. The van der Waals surface area contributed by atoms with E-state index in [0.717, 1.165) is 6.07 Å². The third-order valence-electron chi connectivity index (χ3n) is 4.97. The van der Waals surface area contributed by atoms with Gasteiger partial charge in [-0.15, -0.1) is 0 Å². The van der Waals surface area contributed by atoms with Crippen molar-refractivity contribution in [2.75, 3.05) is 6.61 Å². The van der Waals surface area contributed by atoms with Gasteiger partial charge in [0.05, 0.1) is 12.2 Å². The smallest absolute Gasteiger partial charge is 0.417 e. The van der Waals surface area contributed by atoms with Crippen LogP contribution in [0.1, 0.15) is 32.6 Å². The molecule has 0 atom stereocenters. The molecule has 0 radical (unpaired) electrons. The van der Waals surface area contributed by atoms with Crippen molar-refractivity contribution in [1.29, 1.82) is 5.41 Å². The Balaban J connectivity index is 1.82. The normalized spacial score (nSPS) is 11.2. The molecule has 0 unspecified atom stereocenters. The molecule has 3 N–H and O–H groups in total. The average Bonchev–Trinajstić information content (AvgIpc) is 2.78. The molecule has 0 fully saturated rings. The molecule has 0 aliphatic heterocycles. The summed E-state index contributed by atoms with van der Waals surface area (Å²) in [6.45, 7) is 1.20. The van der Waals surface area contributed by atoms with E-state index in [4.69, 9.17) is 15.3 Å². The lowest BCUT2D eigenvalue weighted by atomic mass is 9.94. The molecule has 0 saturated heterocycles. The molecule has 0 heterocycles. The lowest BCUT2D eigenvalue weighted by molar-refractivity contribution is -0.142. The van der Waals surface area contributed by atoms with E-state index in [0.29, 0.717) is 16.7 Å². The van der Waals surface area contributed by atoms with Crippen molar-refractivity contribution in [3.63, 3.8) is 0 Å². The fourth-order valence-electron chi connectivity index (χ4n) is 3.36. The van der Waals surface area contributed by atoms with E-state index >= 15 is 0 Å². The first-order valence-electron chi connectivity index (χ1n) is 10.1. The van der Waals surface area contributed by atoms with Gasteiger partial charge in [0.1, 0.15) is 12.4 Å². The van der Waals surface area contributed by atoms with Crippen LogP contribution in [0.15, 0.2) is 66.7 Å². The van der Waals surface area contributed by atoms with Crippen LogP contribution in [-0.2, 0) is 22.3 Å². The first kappa shape index (κ1) is 24.7. The molecule has 0 bridgehead atoms. The Morgan fingerprint density at radius 2 is 1.71 bits per heavy atom. The molecule has 176 valence electrons. The van der Waals surface area contributed by atoms with Crippen LogP contribution in [0.2, 0.25) is 0 Å². The summed E-state index contributed by atoms with van der Waals surface area (Å²) in [7, 11) is 0. The number of rotatable bonds is 7. The van der Waals surface area contributed by atoms with Crippen LogP contribution in [0.4, 0.5) is 13.2 Å². The van der Waals surface area contributed by atoms with Gasteiger partial charge in [0.2, 0.25) is 0 Å². The number of alkyl halides is 3. The van der Waals surface area contributed by atoms with E-state index in [1.54, 1.807) is 43.3 Å². The van der Waals surface area contributed by atoms with Crippen molar-refractivity contribution in [3.8, 4) is 11.1 Å². The molecule has 0 spiro atoms. The Morgan fingerprint density at radius 1 is 0.971 bits per heavy atom. The highest BCUT2D eigenvalue weighted by Gasteiger charge is 2.34. The van der Waals surface area contributed by atoms with Gasteiger partial charge in [-0.3, -0.25) is 10.2 Å². The van der Waals surface area contributed by atoms with Crippen molar-refractivity contribution in [2.45, 2.75) is 19.7 Å². The standard InChI is InChI=1S/C25H21F3N2O4/c1-15-5-2-3-8-19(15)20-10-9-18(12-21(20)25(26,27)28)24(33)30-23(29)17-7-4-6-16(11-17)13-34-14-22(31)32/h2-12H,13-14H2,1H3,(H,31,32)(H2,29,30,33). The number of hydrogen-bond donors (Lipinski definition) is 3. The van der Waals surface area contributed by atoms with Gasteiger partial charge in [-0.2, -0.15) is 13.2 Å². The topological polar surface area (TPSA) is 99.5 Å². The fraction of sp³-hybridized carbons (Fsp3) is 0.160. The summed E-state index contributed by atoms with van der Waals surface area (Å²) in [5, 5.41) is 19.1. The zero-order chi connectivity index (χ0) is 24.9. The molecule has 0 aliphatic carbocycles. The second kappa shape index (κ2) is 10.3. The highest BCUT2D eigenvalue weighted by atomic mass is 19.4. The van der Waals surface area contributed by atoms with Crippen molar-refractivity contribution >= 4 is 17.7 Å². The molecule has 0 saturated carbocycles. The van der Waals surface area contributed by atoms with Crippen LogP contribution < -0.4 is 5.32 Å². The monoisotopic (exact) mass is 470 g/mol. The Morgan fingerprint density at radius 3 is 2.38 bits per heavy atom. The molecule has 0 aliphatic rings. The zero-order valence-corrected chi connectivity index (χ0v) is 18.1. The number of nitrogens with one attached hydrogen (secondary N) is 2. The lowest BCUT2D eigenvalue weighted by Crippen LogP contribution is -2.30. The van der Waals surface area contributed by atoms with Crippen LogP contribution in [0.5, 0.6) is 0 Å². The van der Waals surface area contributed by atoms with E-state index in [1.807, 2.05) is 0 Å². The number of benzene rings is 3. The van der Waals surface area contributed by atoms with E-state index < -0.39 is 30.2 Å². The van der Waals surface area contributed by atoms with Gasteiger partial charge in [-0.1, -0.05) is 48.5 Å². The summed E-state index contributed by atoms with van der Waals surface area (Å²) in [5.41, 5.74) is 0.716. The Hall–Kier alpha value is -3.98. The zero-order valence-electron chi connectivity index (χ0n) is 18.1. The van der Waals surface area contributed by atoms with E-state index in [2.05, 4.69) is 5.32 Å². The largest absolute Gasteiger partial charge is 0.480 e. The molecular weight excluding hydrogens is 449 g/mol. The number of amides is 1. The number of amidine groups is 1. The maximum Gasteiger partial charge on any atom is 0.417 e. The van der Waals surface area contributed by atoms with Crippen LogP contribution in [-0.4, -0.2) is 29.4 Å². The van der Waals surface area contributed by atoms with Gasteiger partial charge in [0, 0.05) is 11.1 Å². The maximum atomic E-state index is 13.8. The SMILES string of the molecule is Cc1ccccc1-c1ccc(C(=O)NC(=N)c2cccc(COCC(=O)O)c2)cc1C(F)(F)F. The molecule has 3 aromatic carbocycles. The van der Waals surface area contributed by atoms with Gasteiger partial charge in [0.25, 0.3) is 5.91 Å². The molecule has 34 heavy (non-hydrogen) atoms. The number of hydrogen-bond acceptors (Lipinski definition) is 4. The average molecular weight is 470 g/mol. The third-order valence-corrected chi connectivity index (χ3v) is 4.97. The van der Waals surface area contributed by atoms with Gasteiger partial charge >= 0.3 is 12.1 Å². The van der Waals surface area contributed by atoms with E-state index in [9.17, 15) is 22.8 Å². The lowest BCUT2D eigenvalue weighted by Gasteiger charge is -2.16. The minimum atomic E-state index is -4.69. The fourth-order valence-corrected chi connectivity index (χ4v) is 3.36. The van der Waals surface area contributed by atoms with Crippen LogP contribution in [0.3, 0.4) is 0 Å². The minimum absolute atomic E-state index is 0.0172. The predicted molar refractivity (Wildman–Crippen MR) is 120 cm³/mol. The molecule has 1 amide bonds. The van der Waals surface area contributed by atoms with Crippen LogP contribution >= 0.6 is 0 Å².